The lowest BCUT2D eigenvalue weighted by atomic mass is 10.1. The number of carbonyl (C=O) groups excluding carboxylic acids is 1. The maximum atomic E-state index is 12.2. The molecule has 0 amide bonds. The van der Waals surface area contributed by atoms with Gasteiger partial charge in [-0.25, -0.2) is 15.2 Å². The van der Waals surface area contributed by atoms with Crippen LogP contribution in [0.5, 0.6) is 0 Å². The Morgan fingerprint density at radius 1 is 1.25 bits per heavy atom. The molecule has 1 aliphatic heterocycles. The van der Waals surface area contributed by atoms with Gasteiger partial charge in [0.15, 0.2) is 0 Å². The first kappa shape index (κ1) is 15.0. The van der Waals surface area contributed by atoms with E-state index >= 15 is 0 Å². The monoisotopic (exact) mass is 277 g/mol. The Bertz CT molecular complexity index is 416. The van der Waals surface area contributed by atoms with Gasteiger partial charge < -0.3 is 9.64 Å². The molecule has 1 atom stereocenters. The van der Waals surface area contributed by atoms with Gasteiger partial charge in [-0.3, -0.25) is 0 Å². The van der Waals surface area contributed by atoms with Gasteiger partial charge >= 0.3 is 5.97 Å². The first-order valence-electron chi connectivity index (χ1n) is 7.12. The summed E-state index contributed by atoms with van der Waals surface area (Å²) in [4.78, 5) is 14.4. The predicted molar refractivity (Wildman–Crippen MR) is 78.0 cm³/mol. The maximum Gasteiger partial charge on any atom is 0.329 e. The molecule has 1 fully saturated rings. The first-order valence-corrected chi connectivity index (χ1v) is 7.12. The van der Waals surface area contributed by atoms with Gasteiger partial charge in [0.2, 0.25) is 0 Å². The molecule has 1 aromatic carbocycles. The van der Waals surface area contributed by atoms with E-state index in [0.29, 0.717) is 6.61 Å². The minimum atomic E-state index is -0.431. The number of rotatable bonds is 5. The van der Waals surface area contributed by atoms with Crippen molar-refractivity contribution in [2.24, 2.45) is 0 Å². The van der Waals surface area contributed by atoms with Crippen molar-refractivity contribution in [3.8, 4) is 0 Å². The Balaban J connectivity index is 2.05. The molecule has 110 valence electrons. The summed E-state index contributed by atoms with van der Waals surface area (Å²) in [6.45, 7) is 6.02. The molecule has 5 heteroatoms. The molecule has 2 rings (SSSR count). The third kappa shape index (κ3) is 4.03. The summed E-state index contributed by atoms with van der Waals surface area (Å²) in [5, 5.41) is 2.11. The minimum absolute atomic E-state index is 0.224. The van der Waals surface area contributed by atoms with E-state index in [0.717, 1.165) is 31.7 Å². The number of nitrogens with zero attached hydrogens (tertiary/aromatic N) is 2. The van der Waals surface area contributed by atoms with Crippen molar-refractivity contribution in [3.63, 3.8) is 0 Å². The molecule has 5 nitrogen and oxygen atoms in total. The zero-order valence-electron chi connectivity index (χ0n) is 12.2. The minimum Gasteiger partial charge on any atom is -0.465 e. The van der Waals surface area contributed by atoms with E-state index in [2.05, 4.69) is 22.4 Å². The summed E-state index contributed by atoms with van der Waals surface area (Å²) in [6, 6.07) is 9.29. The van der Waals surface area contributed by atoms with Gasteiger partial charge in [-0.2, -0.15) is 0 Å². The van der Waals surface area contributed by atoms with Gasteiger partial charge in [0.1, 0.15) is 6.04 Å². The summed E-state index contributed by atoms with van der Waals surface area (Å²) in [5.74, 6) is -0.224. The van der Waals surface area contributed by atoms with Gasteiger partial charge in [-0.15, -0.1) is 0 Å². The van der Waals surface area contributed by atoms with Crippen molar-refractivity contribution >= 4 is 5.97 Å². The Labute approximate surface area is 120 Å². The first-order chi connectivity index (χ1) is 9.70. The Morgan fingerprint density at radius 2 is 1.90 bits per heavy atom. The van der Waals surface area contributed by atoms with Crippen LogP contribution in [0.2, 0.25) is 0 Å². The Morgan fingerprint density at radius 3 is 2.50 bits per heavy atom. The second-order valence-corrected chi connectivity index (χ2v) is 5.02. The van der Waals surface area contributed by atoms with Crippen molar-refractivity contribution < 1.29 is 9.53 Å². The molecule has 0 saturated carbocycles. The third-order valence-corrected chi connectivity index (χ3v) is 3.47. The number of hydrazine groups is 1. The van der Waals surface area contributed by atoms with E-state index in [9.17, 15) is 4.79 Å². The normalized spacial score (nSPS) is 18.7. The van der Waals surface area contributed by atoms with Crippen LogP contribution in [0.15, 0.2) is 30.3 Å². The molecular weight excluding hydrogens is 254 g/mol. The fraction of sp³-hybridized carbons (Fsp3) is 0.533. The average molecular weight is 277 g/mol. The Hall–Kier alpha value is -1.43. The molecule has 1 N–H and O–H groups in total. The highest BCUT2D eigenvalue weighted by Crippen LogP contribution is 2.15. The fourth-order valence-electron chi connectivity index (χ4n) is 2.25. The van der Waals surface area contributed by atoms with Crippen LogP contribution >= 0.6 is 0 Å². The van der Waals surface area contributed by atoms with E-state index in [4.69, 9.17) is 4.74 Å². The Kier molecular flexibility index (Phi) is 5.52. The molecule has 0 aliphatic carbocycles. The van der Waals surface area contributed by atoms with E-state index in [1.165, 1.54) is 0 Å². The molecule has 20 heavy (non-hydrogen) atoms. The fourth-order valence-corrected chi connectivity index (χ4v) is 2.25. The van der Waals surface area contributed by atoms with Crippen molar-refractivity contribution in [1.29, 1.82) is 0 Å². The second kappa shape index (κ2) is 7.38. The van der Waals surface area contributed by atoms with Crippen LogP contribution in [0.4, 0.5) is 0 Å². The van der Waals surface area contributed by atoms with Crippen molar-refractivity contribution in [2.75, 3.05) is 39.8 Å². The van der Waals surface area contributed by atoms with Crippen LogP contribution in [0.25, 0.3) is 0 Å². The lowest BCUT2D eigenvalue weighted by Gasteiger charge is -2.34. The maximum absolute atomic E-state index is 12.2. The number of hydrogen-bond acceptors (Lipinski definition) is 5. The molecule has 1 heterocycles. The van der Waals surface area contributed by atoms with Crippen LogP contribution in [0.3, 0.4) is 0 Å². The molecule has 0 bridgehead atoms. The van der Waals surface area contributed by atoms with E-state index in [1.54, 1.807) is 0 Å². The third-order valence-electron chi connectivity index (χ3n) is 3.47. The van der Waals surface area contributed by atoms with E-state index in [-0.39, 0.29) is 5.97 Å². The summed E-state index contributed by atoms with van der Waals surface area (Å²) < 4.78 is 5.18. The summed E-state index contributed by atoms with van der Waals surface area (Å²) in [6.07, 6.45) is 0. The number of likely N-dealkylation sites (N-methyl/N-ethyl adjacent to an activating group) is 1. The highest BCUT2D eigenvalue weighted by Gasteiger charge is 2.25. The largest absolute Gasteiger partial charge is 0.465 e. The molecule has 0 aromatic heterocycles. The number of ether oxygens (including phenoxy) is 1. The lowest BCUT2D eigenvalue weighted by Crippen LogP contribution is -2.53. The van der Waals surface area contributed by atoms with Gasteiger partial charge in [0.05, 0.1) is 6.61 Å². The summed E-state index contributed by atoms with van der Waals surface area (Å²) >= 11 is 0. The van der Waals surface area contributed by atoms with Crippen molar-refractivity contribution in [1.82, 2.24) is 15.3 Å². The van der Waals surface area contributed by atoms with E-state index in [1.807, 2.05) is 37.3 Å². The van der Waals surface area contributed by atoms with Crippen LogP contribution in [0.1, 0.15) is 18.5 Å². The van der Waals surface area contributed by atoms with Crippen molar-refractivity contribution in [2.45, 2.75) is 13.0 Å². The SMILES string of the molecule is CCOC(=O)C(NN1CCN(C)CC1)c1ccccc1. The van der Waals surface area contributed by atoms with Gasteiger partial charge in [-0.1, -0.05) is 30.3 Å². The lowest BCUT2D eigenvalue weighted by molar-refractivity contribution is -0.147. The predicted octanol–water partition coefficient (Wildman–Crippen LogP) is 1.04. The number of benzene rings is 1. The summed E-state index contributed by atoms with van der Waals surface area (Å²) in [5.41, 5.74) is 4.24. The average Bonchev–Trinajstić information content (AvgIpc) is 2.48. The molecular formula is C15H23N3O2. The number of hydrogen-bond donors (Lipinski definition) is 1. The highest BCUT2D eigenvalue weighted by molar-refractivity contribution is 5.77. The van der Waals surface area contributed by atoms with E-state index < -0.39 is 6.04 Å². The van der Waals surface area contributed by atoms with Crippen LogP contribution < -0.4 is 5.43 Å². The zero-order valence-corrected chi connectivity index (χ0v) is 12.2. The zero-order chi connectivity index (χ0) is 14.4. The number of nitrogens with one attached hydrogen (secondary N) is 1. The molecule has 1 unspecified atom stereocenters. The number of esters is 1. The van der Waals surface area contributed by atoms with Gasteiger partial charge in [-0.05, 0) is 19.5 Å². The van der Waals surface area contributed by atoms with Crippen LogP contribution in [-0.2, 0) is 9.53 Å². The topological polar surface area (TPSA) is 44.8 Å². The summed E-state index contributed by atoms with van der Waals surface area (Å²) in [7, 11) is 2.11. The quantitative estimate of drug-likeness (QED) is 0.815. The molecule has 1 aromatic rings. The number of carbonyl (C=O) groups is 1. The highest BCUT2D eigenvalue weighted by atomic mass is 16.5. The molecule has 1 saturated heterocycles. The standard InChI is InChI=1S/C15H23N3O2/c1-3-20-15(19)14(13-7-5-4-6-8-13)16-18-11-9-17(2)10-12-18/h4-8,14,16H,3,9-12H2,1-2H3. The van der Waals surface area contributed by atoms with Gasteiger partial charge in [0, 0.05) is 26.2 Å². The second-order valence-electron chi connectivity index (χ2n) is 5.02. The molecule has 1 aliphatic rings. The van der Waals surface area contributed by atoms with Crippen LogP contribution in [0, 0.1) is 0 Å². The van der Waals surface area contributed by atoms with Crippen LogP contribution in [-0.4, -0.2) is 55.7 Å². The van der Waals surface area contributed by atoms with Gasteiger partial charge in [0.25, 0.3) is 0 Å². The molecule has 0 radical (unpaired) electrons. The van der Waals surface area contributed by atoms with Crippen molar-refractivity contribution in [3.05, 3.63) is 35.9 Å². The molecule has 0 spiro atoms. The smallest absolute Gasteiger partial charge is 0.329 e. The number of piperazine rings is 1.